The number of benzene rings is 1. The Morgan fingerprint density at radius 3 is 2.94 bits per heavy atom. The molecule has 0 saturated carbocycles. The van der Waals surface area contributed by atoms with Crippen LogP contribution in [-0.2, 0) is 6.42 Å². The highest BCUT2D eigenvalue weighted by Crippen LogP contribution is 2.24. The third kappa shape index (κ3) is 3.37. The summed E-state index contributed by atoms with van der Waals surface area (Å²) in [5, 5.41) is 3.43. The number of nitrogens with zero attached hydrogens (tertiary/aromatic N) is 1. The van der Waals surface area contributed by atoms with E-state index in [1.165, 1.54) is 10.9 Å². The molecule has 1 aromatic heterocycles. The molecule has 1 atom stereocenters. The Balaban J connectivity index is 2.16. The lowest BCUT2D eigenvalue weighted by molar-refractivity contribution is 0.555. The van der Waals surface area contributed by atoms with Gasteiger partial charge in [-0.15, -0.1) is 11.3 Å². The van der Waals surface area contributed by atoms with Gasteiger partial charge in [-0.2, -0.15) is 0 Å². The van der Waals surface area contributed by atoms with Crippen LogP contribution in [-0.4, -0.2) is 11.5 Å². The van der Waals surface area contributed by atoms with Gasteiger partial charge >= 0.3 is 0 Å². The van der Waals surface area contributed by atoms with Crippen molar-refractivity contribution in [1.82, 2.24) is 10.3 Å². The van der Waals surface area contributed by atoms with E-state index in [0.717, 1.165) is 18.5 Å². The summed E-state index contributed by atoms with van der Waals surface area (Å²) in [6.07, 6.45) is 2.71. The third-order valence-electron chi connectivity index (χ3n) is 2.67. The molecule has 0 saturated heterocycles. The zero-order chi connectivity index (χ0) is 13.0. The lowest BCUT2D eigenvalue weighted by atomic mass is 10.1. The number of halogens is 2. The molecule has 2 aromatic rings. The van der Waals surface area contributed by atoms with Crippen molar-refractivity contribution in [2.75, 3.05) is 6.54 Å². The molecular weight excluding hydrogens is 315 g/mol. The van der Waals surface area contributed by atoms with E-state index in [1.807, 2.05) is 23.8 Å². The zero-order valence-corrected chi connectivity index (χ0v) is 12.4. The molecule has 0 bridgehead atoms. The Bertz CT molecular complexity index is 502. The molecule has 1 N–H and O–H groups in total. The van der Waals surface area contributed by atoms with E-state index in [9.17, 15) is 4.39 Å². The summed E-state index contributed by atoms with van der Waals surface area (Å²) < 4.78 is 13.7. The van der Waals surface area contributed by atoms with Crippen molar-refractivity contribution in [3.05, 3.63) is 50.6 Å². The van der Waals surface area contributed by atoms with Gasteiger partial charge in [0.1, 0.15) is 5.82 Å². The van der Waals surface area contributed by atoms with Crippen LogP contribution in [0.2, 0.25) is 0 Å². The van der Waals surface area contributed by atoms with E-state index in [1.54, 1.807) is 11.3 Å². The summed E-state index contributed by atoms with van der Waals surface area (Å²) in [6, 6.07) is 5.39. The fourth-order valence-electron chi connectivity index (χ4n) is 1.82. The molecule has 1 unspecified atom stereocenters. The summed E-state index contributed by atoms with van der Waals surface area (Å²) in [4.78, 5) is 5.31. The van der Waals surface area contributed by atoms with Crippen LogP contribution < -0.4 is 5.32 Å². The Labute approximate surface area is 118 Å². The van der Waals surface area contributed by atoms with E-state index >= 15 is 0 Å². The first kappa shape index (κ1) is 13.6. The zero-order valence-electron chi connectivity index (χ0n) is 9.99. The lowest BCUT2D eigenvalue weighted by Crippen LogP contribution is -2.22. The second-order valence-electron chi connectivity index (χ2n) is 3.97. The van der Waals surface area contributed by atoms with Crippen molar-refractivity contribution in [2.24, 2.45) is 0 Å². The fraction of sp³-hybridized carbons (Fsp3) is 0.308. The van der Waals surface area contributed by atoms with E-state index in [2.05, 4.69) is 33.2 Å². The molecule has 96 valence electrons. The summed E-state index contributed by atoms with van der Waals surface area (Å²) in [6.45, 7) is 2.97. The molecule has 0 radical (unpaired) electrons. The van der Waals surface area contributed by atoms with Crippen LogP contribution in [0.1, 0.15) is 23.4 Å². The second-order valence-corrected chi connectivity index (χ2v) is 5.74. The topological polar surface area (TPSA) is 24.9 Å². The number of thiazole rings is 1. The van der Waals surface area contributed by atoms with Crippen LogP contribution in [0.25, 0.3) is 0 Å². The maximum atomic E-state index is 13.2. The normalized spacial score (nSPS) is 12.6. The van der Waals surface area contributed by atoms with E-state index in [0.29, 0.717) is 4.47 Å². The number of aromatic nitrogens is 1. The average Bonchev–Trinajstić information content (AvgIpc) is 2.87. The first-order valence-electron chi connectivity index (χ1n) is 5.76. The van der Waals surface area contributed by atoms with Crippen molar-refractivity contribution in [3.8, 4) is 0 Å². The molecule has 1 heterocycles. The summed E-state index contributed by atoms with van der Waals surface area (Å²) >= 11 is 4.86. The molecular formula is C13H14BrFN2S. The van der Waals surface area contributed by atoms with E-state index < -0.39 is 0 Å². The number of nitrogens with one attached hydrogen (secondary N) is 1. The molecule has 0 amide bonds. The van der Waals surface area contributed by atoms with Crippen LogP contribution in [0.4, 0.5) is 4.39 Å². The molecule has 5 heteroatoms. The predicted molar refractivity (Wildman–Crippen MR) is 76.3 cm³/mol. The molecule has 1 aromatic carbocycles. The van der Waals surface area contributed by atoms with Gasteiger partial charge in [0.25, 0.3) is 0 Å². The van der Waals surface area contributed by atoms with Crippen molar-refractivity contribution < 1.29 is 4.39 Å². The third-order valence-corrected chi connectivity index (χ3v) is 4.17. The highest BCUT2D eigenvalue weighted by atomic mass is 79.9. The van der Waals surface area contributed by atoms with Crippen LogP contribution in [0.3, 0.4) is 0 Å². The monoisotopic (exact) mass is 328 g/mol. The van der Waals surface area contributed by atoms with Crippen LogP contribution in [0.15, 0.2) is 34.4 Å². The Kier molecular flexibility index (Phi) is 4.86. The van der Waals surface area contributed by atoms with Gasteiger partial charge in [-0.05, 0) is 46.6 Å². The van der Waals surface area contributed by atoms with Crippen LogP contribution >= 0.6 is 27.3 Å². The summed E-state index contributed by atoms with van der Waals surface area (Å²) in [7, 11) is 0. The van der Waals surface area contributed by atoms with Gasteiger partial charge in [-0.1, -0.05) is 13.0 Å². The van der Waals surface area contributed by atoms with Crippen molar-refractivity contribution in [3.63, 3.8) is 0 Å². The van der Waals surface area contributed by atoms with Gasteiger partial charge in [0.15, 0.2) is 0 Å². The minimum Gasteiger partial charge on any atom is -0.309 e. The predicted octanol–water partition coefficient (Wildman–Crippen LogP) is 3.94. The van der Waals surface area contributed by atoms with E-state index in [4.69, 9.17) is 0 Å². The van der Waals surface area contributed by atoms with Crippen LogP contribution in [0, 0.1) is 5.82 Å². The second kappa shape index (κ2) is 6.41. The molecule has 2 rings (SSSR count). The molecule has 0 aliphatic carbocycles. The molecule has 18 heavy (non-hydrogen) atoms. The van der Waals surface area contributed by atoms with Crippen molar-refractivity contribution in [2.45, 2.75) is 19.4 Å². The first-order chi connectivity index (χ1) is 8.70. The Morgan fingerprint density at radius 2 is 2.33 bits per heavy atom. The molecule has 0 spiro atoms. The minimum absolute atomic E-state index is 0.225. The number of likely N-dealkylation sites (N-methyl/N-ethyl adjacent to an activating group) is 1. The highest BCUT2D eigenvalue weighted by molar-refractivity contribution is 9.10. The smallest absolute Gasteiger partial charge is 0.137 e. The average molecular weight is 329 g/mol. The Morgan fingerprint density at radius 1 is 1.50 bits per heavy atom. The standard InChI is InChI=1S/C13H14BrFN2S/c1-2-17-12(13-7-16-8-18-13)6-9-3-4-11(15)10(14)5-9/h3-5,7-8,12,17H,2,6H2,1H3. The Hall–Kier alpha value is -0.780. The van der Waals surface area contributed by atoms with Gasteiger partial charge in [0.05, 0.1) is 9.98 Å². The van der Waals surface area contributed by atoms with Crippen LogP contribution in [0.5, 0.6) is 0 Å². The minimum atomic E-state index is -0.225. The summed E-state index contributed by atoms with van der Waals surface area (Å²) in [5.74, 6) is -0.225. The fourth-order valence-corrected chi connectivity index (χ4v) is 2.94. The number of hydrogen-bond acceptors (Lipinski definition) is 3. The largest absolute Gasteiger partial charge is 0.309 e. The maximum Gasteiger partial charge on any atom is 0.137 e. The van der Waals surface area contributed by atoms with Crippen molar-refractivity contribution in [1.29, 1.82) is 0 Å². The van der Waals surface area contributed by atoms with Gasteiger partial charge in [0.2, 0.25) is 0 Å². The maximum absolute atomic E-state index is 13.2. The summed E-state index contributed by atoms with van der Waals surface area (Å²) in [5.41, 5.74) is 2.93. The van der Waals surface area contributed by atoms with Gasteiger partial charge in [0, 0.05) is 17.1 Å². The molecule has 0 aliphatic rings. The number of rotatable bonds is 5. The molecule has 0 aliphatic heterocycles. The van der Waals surface area contributed by atoms with Crippen molar-refractivity contribution >= 4 is 27.3 Å². The number of hydrogen-bond donors (Lipinski definition) is 1. The quantitative estimate of drug-likeness (QED) is 0.899. The van der Waals surface area contributed by atoms with Gasteiger partial charge in [-0.25, -0.2) is 4.39 Å². The van der Waals surface area contributed by atoms with E-state index in [-0.39, 0.29) is 11.9 Å². The molecule has 2 nitrogen and oxygen atoms in total. The van der Waals surface area contributed by atoms with Gasteiger partial charge in [-0.3, -0.25) is 4.98 Å². The van der Waals surface area contributed by atoms with Gasteiger partial charge < -0.3 is 5.32 Å². The first-order valence-corrected chi connectivity index (χ1v) is 7.43. The highest BCUT2D eigenvalue weighted by Gasteiger charge is 2.13. The lowest BCUT2D eigenvalue weighted by Gasteiger charge is -2.16. The molecule has 0 fully saturated rings. The SMILES string of the molecule is CCNC(Cc1ccc(F)c(Br)c1)c1cncs1.